The Bertz CT molecular complexity index is 1560. The average Bonchev–Trinajstić information content (AvgIpc) is 3.59. The third-order valence-electron chi connectivity index (χ3n) is 5.32. The summed E-state index contributed by atoms with van der Waals surface area (Å²) in [6, 6.07) is 23.3. The minimum atomic E-state index is -0.584. The van der Waals surface area contributed by atoms with Crippen molar-refractivity contribution < 1.29 is 23.1 Å². The van der Waals surface area contributed by atoms with Crippen molar-refractivity contribution in [2.45, 2.75) is 6.92 Å². The molecular weight excluding hydrogens is 477 g/mol. The third-order valence-corrected chi connectivity index (χ3v) is 5.32. The van der Waals surface area contributed by atoms with Crippen molar-refractivity contribution in [3.05, 3.63) is 102 Å². The number of esters is 1. The highest BCUT2D eigenvalue weighted by atomic mass is 19.1. The number of rotatable bonds is 7. The lowest BCUT2D eigenvalue weighted by Crippen LogP contribution is -2.12. The fourth-order valence-electron chi connectivity index (χ4n) is 3.62. The second-order valence-electron chi connectivity index (χ2n) is 7.84. The molecule has 0 fully saturated rings. The number of amides is 1. The Balaban J connectivity index is 1.44. The first-order chi connectivity index (χ1) is 18.0. The predicted octanol–water partition coefficient (Wildman–Crippen LogP) is 5.16. The minimum absolute atomic E-state index is 0.0925. The Morgan fingerprint density at radius 2 is 1.70 bits per heavy atom. The van der Waals surface area contributed by atoms with Gasteiger partial charge in [0, 0.05) is 16.8 Å². The summed E-state index contributed by atoms with van der Waals surface area (Å²) in [6.45, 7) is 1.90. The van der Waals surface area contributed by atoms with Crippen molar-refractivity contribution in [1.29, 1.82) is 0 Å². The van der Waals surface area contributed by atoms with E-state index in [1.54, 1.807) is 61.5 Å². The number of aromatic nitrogens is 4. The summed E-state index contributed by atoms with van der Waals surface area (Å²) >= 11 is 0. The van der Waals surface area contributed by atoms with Crippen LogP contribution in [0.5, 0.6) is 0 Å². The molecule has 0 aliphatic carbocycles. The van der Waals surface area contributed by atoms with E-state index in [-0.39, 0.29) is 24.1 Å². The zero-order chi connectivity index (χ0) is 25.8. The van der Waals surface area contributed by atoms with E-state index in [0.717, 1.165) is 0 Å². The van der Waals surface area contributed by atoms with Gasteiger partial charge in [0.05, 0.1) is 18.0 Å². The van der Waals surface area contributed by atoms with Crippen molar-refractivity contribution in [2.75, 3.05) is 11.9 Å². The summed E-state index contributed by atoms with van der Waals surface area (Å²) in [4.78, 5) is 25.1. The number of anilines is 1. The Labute approximate surface area is 210 Å². The predicted molar refractivity (Wildman–Crippen MR) is 133 cm³/mol. The molecule has 0 saturated carbocycles. The zero-order valence-corrected chi connectivity index (χ0v) is 19.6. The molecule has 0 aliphatic rings. The molecule has 1 amide bonds. The molecule has 2 heterocycles. The maximum Gasteiger partial charge on any atom is 0.358 e. The van der Waals surface area contributed by atoms with Crippen LogP contribution in [0.1, 0.15) is 28.1 Å². The van der Waals surface area contributed by atoms with E-state index in [0.29, 0.717) is 28.2 Å². The molecule has 0 radical (unpaired) electrons. The number of benzene rings is 3. The first kappa shape index (κ1) is 23.6. The molecule has 1 N–H and O–H groups in total. The van der Waals surface area contributed by atoms with Crippen LogP contribution in [0.25, 0.3) is 28.4 Å². The first-order valence-corrected chi connectivity index (χ1v) is 11.4. The smallest absolute Gasteiger partial charge is 0.358 e. The topological polar surface area (TPSA) is 112 Å². The number of carbonyl (C=O) groups is 2. The lowest BCUT2D eigenvalue weighted by atomic mass is 10.1. The van der Waals surface area contributed by atoms with Crippen LogP contribution in [0.3, 0.4) is 0 Å². The highest BCUT2D eigenvalue weighted by Crippen LogP contribution is 2.27. The van der Waals surface area contributed by atoms with Crippen LogP contribution in [-0.2, 0) is 4.74 Å². The van der Waals surface area contributed by atoms with Gasteiger partial charge in [-0.05, 0) is 61.5 Å². The van der Waals surface area contributed by atoms with E-state index in [9.17, 15) is 14.0 Å². The van der Waals surface area contributed by atoms with Crippen molar-refractivity contribution >= 4 is 17.6 Å². The summed E-state index contributed by atoms with van der Waals surface area (Å²) in [5, 5.41) is 14.9. The standard InChI is InChI=1S/C27H20FN5O4/c1-2-36-27(35)22-16-23(33(32-22)21-13-11-19(28)12-14-21)18-9-6-10-20(15-18)29-24(34)26-31-30-25(37-26)17-7-4-3-5-8-17/h3-16H,2H2,1H3,(H,29,34). The molecule has 9 nitrogen and oxygen atoms in total. The molecule has 0 unspecified atom stereocenters. The normalized spacial score (nSPS) is 10.8. The third kappa shape index (κ3) is 5.13. The largest absolute Gasteiger partial charge is 0.461 e. The van der Waals surface area contributed by atoms with E-state index in [4.69, 9.17) is 9.15 Å². The molecule has 0 saturated heterocycles. The van der Waals surface area contributed by atoms with Crippen molar-refractivity contribution in [1.82, 2.24) is 20.0 Å². The van der Waals surface area contributed by atoms with Gasteiger partial charge in [-0.3, -0.25) is 4.79 Å². The monoisotopic (exact) mass is 497 g/mol. The van der Waals surface area contributed by atoms with Gasteiger partial charge in [0.1, 0.15) is 5.82 Å². The molecule has 184 valence electrons. The van der Waals surface area contributed by atoms with Gasteiger partial charge in [-0.1, -0.05) is 30.3 Å². The summed E-state index contributed by atoms with van der Waals surface area (Å²) in [5.41, 5.74) is 2.96. The maximum absolute atomic E-state index is 13.5. The molecule has 3 aromatic carbocycles. The van der Waals surface area contributed by atoms with Gasteiger partial charge >= 0.3 is 17.8 Å². The molecule has 2 aromatic heterocycles. The number of hydrogen-bond acceptors (Lipinski definition) is 7. The van der Waals surface area contributed by atoms with Crippen LogP contribution in [-0.4, -0.2) is 38.5 Å². The van der Waals surface area contributed by atoms with Gasteiger partial charge in [0.25, 0.3) is 0 Å². The lowest BCUT2D eigenvalue weighted by molar-refractivity contribution is 0.0519. The summed E-state index contributed by atoms with van der Waals surface area (Å²) in [5.74, 6) is -1.52. The van der Waals surface area contributed by atoms with E-state index in [1.165, 1.54) is 16.8 Å². The minimum Gasteiger partial charge on any atom is -0.461 e. The lowest BCUT2D eigenvalue weighted by Gasteiger charge is -2.09. The number of nitrogens with one attached hydrogen (secondary N) is 1. The molecule has 10 heteroatoms. The number of nitrogens with zero attached hydrogens (tertiary/aromatic N) is 4. The molecular formula is C27H20FN5O4. The average molecular weight is 497 g/mol. The highest BCUT2D eigenvalue weighted by molar-refractivity contribution is 6.01. The van der Waals surface area contributed by atoms with Gasteiger partial charge < -0.3 is 14.5 Å². The van der Waals surface area contributed by atoms with E-state index in [1.807, 2.05) is 18.2 Å². The molecule has 0 spiro atoms. The van der Waals surface area contributed by atoms with Crippen molar-refractivity contribution in [2.24, 2.45) is 0 Å². The van der Waals surface area contributed by atoms with Crippen LogP contribution in [0.4, 0.5) is 10.1 Å². The van der Waals surface area contributed by atoms with E-state index >= 15 is 0 Å². The Hall–Kier alpha value is -5.12. The van der Waals surface area contributed by atoms with Crippen LogP contribution < -0.4 is 5.32 Å². The maximum atomic E-state index is 13.5. The van der Waals surface area contributed by atoms with Gasteiger partial charge in [0.2, 0.25) is 5.89 Å². The molecule has 5 rings (SSSR count). The summed E-state index contributed by atoms with van der Waals surface area (Å²) < 4.78 is 25.6. The molecule has 0 aliphatic heterocycles. The van der Waals surface area contributed by atoms with Gasteiger partial charge in [-0.2, -0.15) is 5.10 Å². The van der Waals surface area contributed by atoms with Crippen molar-refractivity contribution in [3.63, 3.8) is 0 Å². The first-order valence-electron chi connectivity index (χ1n) is 11.4. The Morgan fingerprint density at radius 1 is 0.946 bits per heavy atom. The fraction of sp³-hybridized carbons (Fsp3) is 0.0741. The van der Waals surface area contributed by atoms with Gasteiger partial charge in [-0.15, -0.1) is 10.2 Å². The van der Waals surface area contributed by atoms with E-state index in [2.05, 4.69) is 20.6 Å². The van der Waals surface area contributed by atoms with Crippen LogP contribution >= 0.6 is 0 Å². The molecule has 37 heavy (non-hydrogen) atoms. The Kier molecular flexibility index (Phi) is 6.54. The fourth-order valence-corrected chi connectivity index (χ4v) is 3.62. The Morgan fingerprint density at radius 3 is 2.46 bits per heavy atom. The number of halogens is 1. The summed E-state index contributed by atoms with van der Waals surface area (Å²) in [7, 11) is 0. The van der Waals surface area contributed by atoms with Gasteiger partial charge in [-0.25, -0.2) is 13.9 Å². The van der Waals surface area contributed by atoms with Gasteiger partial charge in [0.15, 0.2) is 5.69 Å². The molecule has 0 bridgehead atoms. The van der Waals surface area contributed by atoms with Crippen LogP contribution in [0.15, 0.2) is 89.3 Å². The van der Waals surface area contributed by atoms with Crippen LogP contribution in [0, 0.1) is 5.82 Å². The second-order valence-corrected chi connectivity index (χ2v) is 7.84. The van der Waals surface area contributed by atoms with E-state index < -0.39 is 17.7 Å². The number of ether oxygens (including phenoxy) is 1. The van der Waals surface area contributed by atoms with Crippen LogP contribution in [0.2, 0.25) is 0 Å². The number of carbonyl (C=O) groups excluding carboxylic acids is 2. The van der Waals surface area contributed by atoms with Crippen molar-refractivity contribution in [3.8, 4) is 28.4 Å². The SMILES string of the molecule is CCOC(=O)c1cc(-c2cccc(NC(=O)c3nnc(-c4ccccc4)o3)c2)n(-c2ccc(F)cc2)n1. The molecule has 5 aromatic rings. The quantitative estimate of drug-likeness (QED) is 0.309. The highest BCUT2D eigenvalue weighted by Gasteiger charge is 2.19. The molecule has 0 atom stereocenters. The second kappa shape index (κ2) is 10.2. The summed E-state index contributed by atoms with van der Waals surface area (Å²) in [6.07, 6.45) is 0. The zero-order valence-electron chi connectivity index (χ0n) is 19.6. The number of hydrogen-bond donors (Lipinski definition) is 1.